The molecule has 0 saturated carbocycles. The Kier molecular flexibility index (Phi) is 2.63. The van der Waals surface area contributed by atoms with E-state index in [0.29, 0.717) is 0 Å². The van der Waals surface area contributed by atoms with Crippen LogP contribution in [0.2, 0.25) is 0 Å². The van der Waals surface area contributed by atoms with Gasteiger partial charge in [0.1, 0.15) is 11.4 Å². The van der Waals surface area contributed by atoms with Gasteiger partial charge in [0.25, 0.3) is 0 Å². The van der Waals surface area contributed by atoms with E-state index in [0.717, 1.165) is 23.7 Å². The predicted octanol–water partition coefficient (Wildman–Crippen LogP) is 3.58. The van der Waals surface area contributed by atoms with Gasteiger partial charge in [0.2, 0.25) is 0 Å². The Morgan fingerprint density at radius 3 is 2.58 bits per heavy atom. The Hall–Kier alpha value is -2.16. The number of ether oxygens (including phenoxy) is 1. The molecule has 1 aliphatic rings. The maximum absolute atomic E-state index is 6.03. The second-order valence-corrected chi connectivity index (χ2v) is 5.51. The first kappa shape index (κ1) is 11.9. The van der Waals surface area contributed by atoms with Crippen LogP contribution in [0.15, 0.2) is 48.5 Å². The van der Waals surface area contributed by atoms with Gasteiger partial charge in [-0.15, -0.1) is 0 Å². The van der Waals surface area contributed by atoms with E-state index in [1.54, 1.807) is 0 Å². The molecular weight excluding hydrogens is 236 g/mol. The minimum Gasteiger partial charge on any atom is -0.484 e. The molecule has 2 aromatic rings. The zero-order chi connectivity index (χ0) is 13.5. The normalized spacial score (nSPS) is 16.6. The van der Waals surface area contributed by atoms with E-state index in [-0.39, 0.29) is 5.60 Å². The summed E-state index contributed by atoms with van der Waals surface area (Å²) in [6.45, 7) is 5.00. The monoisotopic (exact) mass is 254 g/mol. The maximum atomic E-state index is 6.03. The van der Waals surface area contributed by atoms with Crippen molar-refractivity contribution in [3.8, 4) is 5.75 Å². The Morgan fingerprint density at radius 1 is 1.11 bits per heavy atom. The van der Waals surface area contributed by atoms with Crippen LogP contribution in [0.5, 0.6) is 5.75 Å². The number of para-hydroxylation sites is 1. The van der Waals surface area contributed by atoms with Crippen molar-refractivity contribution in [1.29, 1.82) is 0 Å². The van der Waals surface area contributed by atoms with Gasteiger partial charge in [-0.3, -0.25) is 0 Å². The number of nitrogens with zero attached hydrogens (tertiary/aromatic N) is 1. The number of benzene rings is 2. The van der Waals surface area contributed by atoms with Gasteiger partial charge in [-0.05, 0) is 38.1 Å². The molecule has 0 unspecified atom stereocenters. The molecule has 1 heterocycles. The van der Waals surface area contributed by atoms with Crippen LogP contribution in [0.4, 0.5) is 17.1 Å². The predicted molar refractivity (Wildman–Crippen MR) is 79.0 cm³/mol. The van der Waals surface area contributed by atoms with Crippen LogP contribution in [-0.2, 0) is 0 Å². The number of nitrogen functional groups attached to an aromatic ring is 1. The second kappa shape index (κ2) is 4.19. The van der Waals surface area contributed by atoms with Gasteiger partial charge in [-0.1, -0.05) is 18.2 Å². The van der Waals surface area contributed by atoms with Crippen LogP contribution in [0.25, 0.3) is 0 Å². The van der Waals surface area contributed by atoms with Crippen LogP contribution >= 0.6 is 0 Å². The zero-order valence-electron chi connectivity index (χ0n) is 11.3. The van der Waals surface area contributed by atoms with Gasteiger partial charge < -0.3 is 15.4 Å². The zero-order valence-corrected chi connectivity index (χ0v) is 11.3. The topological polar surface area (TPSA) is 38.5 Å². The molecule has 1 aliphatic heterocycles. The lowest BCUT2D eigenvalue weighted by atomic mass is 10.0. The Bertz CT molecular complexity index is 593. The fourth-order valence-electron chi connectivity index (χ4n) is 2.47. The van der Waals surface area contributed by atoms with Crippen molar-refractivity contribution in [2.45, 2.75) is 19.4 Å². The number of fused-ring (bicyclic) bond motifs is 1. The van der Waals surface area contributed by atoms with Crippen molar-refractivity contribution in [1.82, 2.24) is 0 Å². The number of rotatable bonds is 1. The highest BCUT2D eigenvalue weighted by molar-refractivity contribution is 5.73. The molecule has 3 nitrogen and oxygen atoms in total. The standard InChI is InChI=1S/C16H18N2O/c1-16(2)11-18(13-6-4-3-5-7-13)14-9-8-12(17)10-15(14)19-16/h3-10H,11,17H2,1-2H3. The first-order valence-corrected chi connectivity index (χ1v) is 6.46. The molecule has 0 saturated heterocycles. The molecule has 2 N–H and O–H groups in total. The SMILES string of the molecule is CC1(C)CN(c2ccccc2)c2ccc(N)cc2O1. The first-order valence-electron chi connectivity index (χ1n) is 6.46. The van der Waals surface area contributed by atoms with Crippen molar-refractivity contribution < 1.29 is 4.74 Å². The fourth-order valence-corrected chi connectivity index (χ4v) is 2.47. The van der Waals surface area contributed by atoms with E-state index < -0.39 is 0 Å². The third kappa shape index (κ3) is 2.24. The minimum absolute atomic E-state index is 0.239. The number of anilines is 3. The molecule has 0 bridgehead atoms. The van der Waals surface area contributed by atoms with Crippen molar-refractivity contribution in [3.05, 3.63) is 48.5 Å². The Morgan fingerprint density at radius 2 is 1.84 bits per heavy atom. The average molecular weight is 254 g/mol. The quantitative estimate of drug-likeness (QED) is 0.790. The van der Waals surface area contributed by atoms with Crippen molar-refractivity contribution >= 4 is 17.1 Å². The molecule has 98 valence electrons. The van der Waals surface area contributed by atoms with Crippen LogP contribution < -0.4 is 15.4 Å². The minimum atomic E-state index is -0.239. The van der Waals surface area contributed by atoms with E-state index in [1.165, 1.54) is 5.69 Å². The maximum Gasteiger partial charge on any atom is 0.145 e. The summed E-state index contributed by atoms with van der Waals surface area (Å²) in [6.07, 6.45) is 0. The summed E-state index contributed by atoms with van der Waals surface area (Å²) in [6, 6.07) is 16.2. The third-order valence-corrected chi connectivity index (χ3v) is 3.27. The highest BCUT2D eigenvalue weighted by Gasteiger charge is 2.32. The molecule has 3 heteroatoms. The van der Waals surface area contributed by atoms with Gasteiger partial charge >= 0.3 is 0 Å². The largest absolute Gasteiger partial charge is 0.484 e. The number of hydrogen-bond donors (Lipinski definition) is 1. The lowest BCUT2D eigenvalue weighted by Crippen LogP contribution is -2.44. The van der Waals surface area contributed by atoms with E-state index in [2.05, 4.69) is 43.0 Å². The van der Waals surface area contributed by atoms with Crippen LogP contribution in [-0.4, -0.2) is 12.1 Å². The molecular formula is C16H18N2O. The Balaban J connectivity index is 2.11. The van der Waals surface area contributed by atoms with Gasteiger partial charge in [-0.25, -0.2) is 0 Å². The molecule has 19 heavy (non-hydrogen) atoms. The Labute approximate surface area is 113 Å². The van der Waals surface area contributed by atoms with Gasteiger partial charge in [0.15, 0.2) is 0 Å². The average Bonchev–Trinajstić information content (AvgIpc) is 2.37. The molecule has 0 fully saturated rings. The van der Waals surface area contributed by atoms with Crippen LogP contribution in [0.3, 0.4) is 0 Å². The molecule has 2 aromatic carbocycles. The van der Waals surface area contributed by atoms with Gasteiger partial charge in [0.05, 0.1) is 12.2 Å². The van der Waals surface area contributed by atoms with Gasteiger partial charge in [0, 0.05) is 17.4 Å². The van der Waals surface area contributed by atoms with E-state index >= 15 is 0 Å². The summed E-state index contributed by atoms with van der Waals surface area (Å²) in [5.41, 5.74) is 8.58. The highest BCUT2D eigenvalue weighted by atomic mass is 16.5. The number of nitrogens with two attached hydrogens (primary N) is 1. The van der Waals surface area contributed by atoms with E-state index in [1.807, 2.05) is 24.3 Å². The fraction of sp³-hybridized carbons (Fsp3) is 0.250. The highest BCUT2D eigenvalue weighted by Crippen LogP contribution is 2.41. The molecule has 0 atom stereocenters. The lowest BCUT2D eigenvalue weighted by Gasteiger charge is -2.41. The summed E-state index contributed by atoms with van der Waals surface area (Å²) in [5, 5.41) is 0. The van der Waals surface area contributed by atoms with E-state index in [4.69, 9.17) is 10.5 Å². The summed E-state index contributed by atoms with van der Waals surface area (Å²) >= 11 is 0. The van der Waals surface area contributed by atoms with Crippen molar-refractivity contribution in [2.75, 3.05) is 17.2 Å². The van der Waals surface area contributed by atoms with Crippen LogP contribution in [0.1, 0.15) is 13.8 Å². The second-order valence-electron chi connectivity index (χ2n) is 5.51. The molecule has 0 aromatic heterocycles. The van der Waals surface area contributed by atoms with Crippen LogP contribution in [0, 0.1) is 0 Å². The third-order valence-electron chi connectivity index (χ3n) is 3.27. The summed E-state index contributed by atoms with van der Waals surface area (Å²) < 4.78 is 6.03. The lowest BCUT2D eigenvalue weighted by molar-refractivity contribution is 0.109. The molecule has 3 rings (SSSR count). The van der Waals surface area contributed by atoms with Gasteiger partial charge in [-0.2, -0.15) is 0 Å². The molecule has 0 amide bonds. The molecule has 0 radical (unpaired) electrons. The van der Waals surface area contributed by atoms with Crippen molar-refractivity contribution in [2.24, 2.45) is 0 Å². The van der Waals surface area contributed by atoms with E-state index in [9.17, 15) is 0 Å². The molecule has 0 aliphatic carbocycles. The summed E-state index contributed by atoms with van der Waals surface area (Å²) in [5.74, 6) is 0.847. The van der Waals surface area contributed by atoms with Crippen molar-refractivity contribution in [3.63, 3.8) is 0 Å². The number of hydrogen-bond acceptors (Lipinski definition) is 3. The molecule has 0 spiro atoms. The smallest absolute Gasteiger partial charge is 0.145 e. The first-order chi connectivity index (χ1) is 9.05. The summed E-state index contributed by atoms with van der Waals surface area (Å²) in [4.78, 5) is 2.28. The summed E-state index contributed by atoms with van der Waals surface area (Å²) in [7, 11) is 0.